The van der Waals surface area contributed by atoms with Crippen LogP contribution in [-0.2, 0) is 4.79 Å². The maximum atomic E-state index is 12.1. The highest BCUT2D eigenvalue weighted by Crippen LogP contribution is 2.35. The lowest BCUT2D eigenvalue weighted by Gasteiger charge is -2.13. The first-order chi connectivity index (χ1) is 12.2. The summed E-state index contributed by atoms with van der Waals surface area (Å²) in [6.45, 7) is 3.34. The predicted molar refractivity (Wildman–Crippen MR) is 102 cm³/mol. The van der Waals surface area contributed by atoms with Crippen LogP contribution in [0.25, 0.3) is 0 Å². The van der Waals surface area contributed by atoms with Crippen molar-refractivity contribution in [3.05, 3.63) is 55.0 Å². The molecule has 0 aliphatic rings. The van der Waals surface area contributed by atoms with Gasteiger partial charge < -0.3 is 14.8 Å². The predicted octanol–water partition coefficient (Wildman–Crippen LogP) is 4.65. The second-order valence-electron chi connectivity index (χ2n) is 5.42. The molecule has 0 aliphatic heterocycles. The van der Waals surface area contributed by atoms with Crippen LogP contribution < -0.4 is 14.8 Å². The molecule has 1 amide bonds. The Morgan fingerprint density at radius 2 is 2.04 bits per heavy atom. The fourth-order valence-corrected chi connectivity index (χ4v) is 2.92. The lowest BCUT2D eigenvalue weighted by Crippen LogP contribution is -2.21. The molecule has 0 aliphatic carbocycles. The Morgan fingerprint density at radius 1 is 1.35 bits per heavy atom. The maximum absolute atomic E-state index is 12.1. The summed E-state index contributed by atoms with van der Waals surface area (Å²) in [6, 6.07) is 5.87. The minimum Gasteiger partial charge on any atom is -0.496 e. The van der Waals surface area contributed by atoms with E-state index >= 15 is 0 Å². The van der Waals surface area contributed by atoms with Gasteiger partial charge in [-0.05, 0) is 59.1 Å². The van der Waals surface area contributed by atoms with Gasteiger partial charge in [-0.25, -0.2) is 0 Å². The quantitative estimate of drug-likeness (QED) is 0.518. The lowest BCUT2D eigenvalue weighted by molar-refractivity contribution is -0.384. The van der Waals surface area contributed by atoms with Gasteiger partial charge in [-0.3, -0.25) is 14.9 Å². The number of anilines is 1. The van der Waals surface area contributed by atoms with Gasteiger partial charge >= 0.3 is 0 Å². The van der Waals surface area contributed by atoms with Crippen LogP contribution in [0.5, 0.6) is 11.5 Å². The van der Waals surface area contributed by atoms with Gasteiger partial charge in [0.25, 0.3) is 11.6 Å². The monoisotopic (exact) mass is 442 g/mol. The highest BCUT2D eigenvalue weighted by Gasteiger charge is 2.18. The molecule has 0 bridgehead atoms. The Kier molecular flexibility index (Phi) is 6.44. The summed E-state index contributed by atoms with van der Waals surface area (Å²) in [5, 5.41) is 14.2. The molecule has 138 valence electrons. The molecular weight excluding hydrogens is 428 g/mol. The van der Waals surface area contributed by atoms with Gasteiger partial charge in [0.2, 0.25) is 0 Å². The van der Waals surface area contributed by atoms with Gasteiger partial charge in [-0.2, -0.15) is 0 Å². The molecule has 0 saturated carbocycles. The van der Waals surface area contributed by atoms with Crippen LogP contribution in [0.1, 0.15) is 11.1 Å². The standard InChI is InChI=1S/C17H16BrClN2O5/c1-9-6-14(16(18)10(2)17(9)19)26-8-15(22)20-12-5-4-11(25-3)7-13(12)21(23)24/h4-7H,8H2,1-3H3,(H,20,22). The normalized spacial score (nSPS) is 10.3. The highest BCUT2D eigenvalue weighted by molar-refractivity contribution is 9.10. The topological polar surface area (TPSA) is 90.7 Å². The minimum absolute atomic E-state index is 0.0620. The van der Waals surface area contributed by atoms with Crippen molar-refractivity contribution in [2.75, 3.05) is 19.0 Å². The van der Waals surface area contributed by atoms with Crippen molar-refractivity contribution in [2.45, 2.75) is 13.8 Å². The summed E-state index contributed by atoms with van der Waals surface area (Å²) < 4.78 is 11.1. The van der Waals surface area contributed by atoms with E-state index in [-0.39, 0.29) is 18.0 Å². The summed E-state index contributed by atoms with van der Waals surface area (Å²) in [7, 11) is 1.40. The lowest BCUT2D eigenvalue weighted by atomic mass is 10.1. The zero-order valence-corrected chi connectivity index (χ0v) is 16.6. The zero-order valence-electron chi connectivity index (χ0n) is 14.3. The summed E-state index contributed by atoms with van der Waals surface area (Å²) in [5.74, 6) is 0.251. The van der Waals surface area contributed by atoms with Gasteiger partial charge in [-0.15, -0.1) is 0 Å². The first kappa shape index (κ1) is 20.0. The number of methoxy groups -OCH3 is 1. The van der Waals surface area contributed by atoms with Gasteiger partial charge in [0.1, 0.15) is 17.2 Å². The average molecular weight is 444 g/mol. The summed E-state index contributed by atoms with van der Waals surface area (Å²) in [4.78, 5) is 22.7. The first-order valence-electron chi connectivity index (χ1n) is 7.44. The molecule has 7 nitrogen and oxygen atoms in total. The molecule has 0 unspecified atom stereocenters. The number of hydrogen-bond acceptors (Lipinski definition) is 5. The molecule has 0 atom stereocenters. The molecule has 0 spiro atoms. The number of nitro benzene ring substituents is 1. The van der Waals surface area contributed by atoms with E-state index in [4.69, 9.17) is 21.1 Å². The number of halogens is 2. The molecule has 26 heavy (non-hydrogen) atoms. The van der Waals surface area contributed by atoms with Crippen molar-refractivity contribution in [3.63, 3.8) is 0 Å². The molecule has 0 saturated heterocycles. The Labute approximate surface area is 163 Å². The van der Waals surface area contributed by atoms with Gasteiger partial charge in [0, 0.05) is 5.02 Å². The number of amides is 1. The number of aryl methyl sites for hydroxylation is 1. The molecule has 2 aromatic rings. The number of nitro groups is 1. The van der Waals surface area contributed by atoms with Crippen molar-refractivity contribution in [1.29, 1.82) is 0 Å². The Morgan fingerprint density at radius 3 is 2.65 bits per heavy atom. The number of benzene rings is 2. The van der Waals surface area contributed by atoms with Crippen molar-refractivity contribution in [1.82, 2.24) is 0 Å². The summed E-state index contributed by atoms with van der Waals surface area (Å²) in [5.41, 5.74) is 1.41. The second kappa shape index (κ2) is 8.37. The third-order valence-electron chi connectivity index (χ3n) is 3.60. The number of nitrogens with zero attached hydrogens (tertiary/aromatic N) is 1. The third-order valence-corrected chi connectivity index (χ3v) is 5.17. The van der Waals surface area contributed by atoms with Crippen LogP contribution in [0.2, 0.25) is 5.02 Å². The maximum Gasteiger partial charge on any atom is 0.296 e. The molecule has 2 aromatic carbocycles. The van der Waals surface area contributed by atoms with Crippen LogP contribution in [0.3, 0.4) is 0 Å². The largest absolute Gasteiger partial charge is 0.496 e. The van der Waals surface area contributed by atoms with Crippen molar-refractivity contribution < 1.29 is 19.2 Å². The number of rotatable bonds is 6. The number of ether oxygens (including phenoxy) is 2. The first-order valence-corrected chi connectivity index (χ1v) is 8.62. The smallest absolute Gasteiger partial charge is 0.296 e. The molecule has 0 fully saturated rings. The number of carbonyl (C=O) groups is 1. The fourth-order valence-electron chi connectivity index (χ4n) is 2.23. The SMILES string of the molecule is COc1ccc(NC(=O)COc2cc(C)c(Cl)c(C)c2Br)c([N+](=O)[O-])c1. The summed E-state index contributed by atoms with van der Waals surface area (Å²) in [6.07, 6.45) is 0. The molecule has 1 N–H and O–H groups in total. The molecular formula is C17H16BrClN2O5. The third kappa shape index (κ3) is 4.44. The van der Waals surface area contributed by atoms with Crippen molar-refractivity contribution >= 4 is 44.8 Å². The molecule has 0 aromatic heterocycles. The van der Waals surface area contributed by atoms with Crippen molar-refractivity contribution in [3.8, 4) is 11.5 Å². The molecule has 0 heterocycles. The number of nitrogens with one attached hydrogen (secondary N) is 1. The van der Waals surface area contributed by atoms with E-state index in [1.54, 1.807) is 6.07 Å². The number of hydrogen-bond donors (Lipinski definition) is 1. The van der Waals surface area contributed by atoms with Crippen molar-refractivity contribution in [2.24, 2.45) is 0 Å². The van der Waals surface area contributed by atoms with Crippen LogP contribution >= 0.6 is 27.5 Å². The molecule has 2 rings (SSSR count). The molecule has 9 heteroatoms. The van der Waals surface area contributed by atoms with Crippen LogP contribution in [0.15, 0.2) is 28.7 Å². The van der Waals surface area contributed by atoms with E-state index in [9.17, 15) is 14.9 Å². The molecule has 0 radical (unpaired) electrons. The van der Waals surface area contributed by atoms with Gasteiger partial charge in [0.05, 0.1) is 22.6 Å². The second-order valence-corrected chi connectivity index (χ2v) is 6.59. The van der Waals surface area contributed by atoms with Gasteiger partial charge in [0.15, 0.2) is 6.61 Å². The van der Waals surface area contributed by atoms with E-state index in [1.807, 2.05) is 13.8 Å². The van der Waals surface area contributed by atoms with E-state index in [0.29, 0.717) is 21.0 Å². The van der Waals surface area contributed by atoms with Gasteiger partial charge in [-0.1, -0.05) is 11.6 Å². The zero-order chi connectivity index (χ0) is 19.4. The van der Waals surface area contributed by atoms with E-state index in [2.05, 4.69) is 21.2 Å². The highest BCUT2D eigenvalue weighted by atomic mass is 79.9. The van der Waals surface area contributed by atoms with Crippen LogP contribution in [0.4, 0.5) is 11.4 Å². The Bertz CT molecular complexity index is 873. The Balaban J connectivity index is 2.12. The Hall–Kier alpha value is -2.32. The average Bonchev–Trinajstić information content (AvgIpc) is 2.62. The number of carbonyl (C=O) groups excluding carboxylic acids is 1. The van der Waals surface area contributed by atoms with E-state index < -0.39 is 10.8 Å². The fraction of sp³-hybridized carbons (Fsp3) is 0.235. The minimum atomic E-state index is -0.596. The van der Waals surface area contributed by atoms with E-state index in [0.717, 1.165) is 11.1 Å². The van der Waals surface area contributed by atoms with E-state index in [1.165, 1.54) is 25.3 Å². The summed E-state index contributed by atoms with van der Waals surface area (Å²) >= 11 is 9.54. The van der Waals surface area contributed by atoms with Crippen LogP contribution in [-0.4, -0.2) is 24.5 Å². The van der Waals surface area contributed by atoms with Crippen LogP contribution in [0, 0.1) is 24.0 Å².